The summed E-state index contributed by atoms with van der Waals surface area (Å²) in [6.07, 6.45) is 0. The van der Waals surface area contributed by atoms with Gasteiger partial charge in [-0.3, -0.25) is 0 Å². The van der Waals surface area contributed by atoms with Gasteiger partial charge in [0.1, 0.15) is 16.1 Å². The summed E-state index contributed by atoms with van der Waals surface area (Å²) in [5, 5.41) is 15.7. The summed E-state index contributed by atoms with van der Waals surface area (Å²) < 4.78 is 0. The predicted molar refractivity (Wildman–Crippen MR) is 316 cm³/mol. The summed E-state index contributed by atoms with van der Waals surface area (Å²) in [6.45, 7) is 10.0. The average Bonchev–Trinajstić information content (AvgIpc) is 3.42. The third-order valence-corrected chi connectivity index (χ3v) is 23.3. The Hall–Kier alpha value is -8.29. The van der Waals surface area contributed by atoms with Gasteiger partial charge in [-0.05, 0) is 146 Å². The van der Waals surface area contributed by atoms with E-state index < -0.39 is 16.1 Å². The van der Waals surface area contributed by atoms with E-state index in [9.17, 15) is 0 Å². The number of rotatable bonds is 5. The van der Waals surface area contributed by atoms with Crippen LogP contribution in [0.4, 0.5) is 34.1 Å². The van der Waals surface area contributed by atoms with Crippen LogP contribution in [-0.2, 0) is 0 Å². The molecule has 2 nitrogen and oxygen atoms in total. The minimum absolute atomic E-state index is 1.16. The summed E-state index contributed by atoms with van der Waals surface area (Å²) >= 11 is 0. The SMILES string of the molecule is C[Si]1(C)c2ccccc2N(c2ccc3c(-c4cccc5ccccc45)c4cc(N5c6ccccc6[Si](C)(C)c6ccccc65)ccc4c(-c4ccccc4-c4cccc5ccccc45)c3c2)c2ccccc21. The Labute approximate surface area is 423 Å². The fourth-order valence-corrected chi connectivity index (χ4v) is 18.8. The molecule has 0 aliphatic carbocycles. The molecule has 2 heterocycles. The van der Waals surface area contributed by atoms with E-state index in [-0.39, 0.29) is 0 Å². The Bertz CT molecular complexity index is 4100. The molecule has 0 spiro atoms. The van der Waals surface area contributed by atoms with E-state index >= 15 is 0 Å². The van der Waals surface area contributed by atoms with Crippen molar-refractivity contribution >= 4 is 114 Å². The maximum absolute atomic E-state index is 2.55. The van der Waals surface area contributed by atoms with E-state index in [0.29, 0.717) is 0 Å². The quantitative estimate of drug-likeness (QED) is 0.125. The topological polar surface area (TPSA) is 6.48 Å². The van der Waals surface area contributed by atoms with Gasteiger partial charge >= 0.3 is 0 Å². The summed E-state index contributed by atoms with van der Waals surface area (Å²) in [5.41, 5.74) is 14.8. The molecule has 0 atom stereocenters. The van der Waals surface area contributed by atoms with E-state index in [4.69, 9.17) is 0 Å². The van der Waals surface area contributed by atoms with Crippen molar-refractivity contribution in [3.63, 3.8) is 0 Å². The molecule has 4 heteroatoms. The first-order chi connectivity index (χ1) is 35.3. The van der Waals surface area contributed by atoms with Crippen molar-refractivity contribution in [1.82, 2.24) is 0 Å². The molecule has 12 aromatic rings. The van der Waals surface area contributed by atoms with Crippen molar-refractivity contribution < 1.29 is 0 Å². The van der Waals surface area contributed by atoms with Crippen molar-refractivity contribution in [3.05, 3.63) is 243 Å². The minimum Gasteiger partial charge on any atom is -0.311 e. The predicted octanol–water partition coefficient (Wildman–Crippen LogP) is 16.5. The van der Waals surface area contributed by atoms with Gasteiger partial charge in [-0.15, -0.1) is 0 Å². The van der Waals surface area contributed by atoms with Crippen LogP contribution < -0.4 is 30.5 Å². The summed E-state index contributed by atoms with van der Waals surface area (Å²) in [6, 6.07) is 91.8. The molecule has 0 radical (unpaired) electrons. The van der Waals surface area contributed by atoms with Crippen molar-refractivity contribution in [2.45, 2.75) is 26.2 Å². The number of hydrogen-bond acceptors (Lipinski definition) is 2. The molecule has 14 rings (SSSR count). The van der Waals surface area contributed by atoms with Crippen LogP contribution in [0.3, 0.4) is 0 Å². The van der Waals surface area contributed by atoms with Crippen molar-refractivity contribution in [2.24, 2.45) is 0 Å². The van der Waals surface area contributed by atoms with E-state index in [1.165, 1.54) is 120 Å². The first kappa shape index (κ1) is 42.6. The molecule has 2 aliphatic heterocycles. The van der Waals surface area contributed by atoms with E-state index in [0.717, 1.165) is 11.4 Å². The molecular formula is C68H52N2Si2. The lowest BCUT2D eigenvalue weighted by molar-refractivity contribution is 1.29. The highest BCUT2D eigenvalue weighted by Crippen LogP contribution is 2.51. The van der Waals surface area contributed by atoms with Crippen LogP contribution in [0.25, 0.3) is 76.5 Å². The first-order valence-corrected chi connectivity index (χ1v) is 31.3. The fourth-order valence-electron chi connectivity index (χ4n) is 12.8. The Balaban J connectivity index is 1.14. The Morgan fingerprint density at radius 1 is 0.250 bits per heavy atom. The zero-order valence-electron chi connectivity index (χ0n) is 41.0. The molecule has 0 fully saturated rings. The van der Waals surface area contributed by atoms with Crippen molar-refractivity contribution in [3.8, 4) is 33.4 Å². The molecule has 0 saturated carbocycles. The highest BCUT2D eigenvalue weighted by atomic mass is 28.3. The van der Waals surface area contributed by atoms with Gasteiger partial charge < -0.3 is 9.80 Å². The zero-order chi connectivity index (χ0) is 48.3. The van der Waals surface area contributed by atoms with E-state index in [1.807, 2.05) is 0 Å². The van der Waals surface area contributed by atoms with Gasteiger partial charge in [0, 0.05) is 34.1 Å². The first-order valence-electron chi connectivity index (χ1n) is 25.3. The monoisotopic (exact) mass is 952 g/mol. The molecule has 2 aliphatic rings. The number of para-hydroxylation sites is 4. The number of anilines is 6. The average molecular weight is 953 g/mol. The highest BCUT2D eigenvalue weighted by molar-refractivity contribution is 7.03. The number of benzene rings is 12. The van der Waals surface area contributed by atoms with Crippen LogP contribution in [0.15, 0.2) is 243 Å². The largest absolute Gasteiger partial charge is 0.311 e. The van der Waals surface area contributed by atoms with E-state index in [1.54, 1.807) is 0 Å². The third kappa shape index (κ3) is 6.25. The van der Waals surface area contributed by atoms with Crippen LogP contribution in [0.5, 0.6) is 0 Å². The van der Waals surface area contributed by atoms with Crippen molar-refractivity contribution in [1.29, 1.82) is 0 Å². The van der Waals surface area contributed by atoms with Gasteiger partial charge in [-0.1, -0.05) is 220 Å². The smallest absolute Gasteiger partial charge is 0.117 e. The summed E-state index contributed by atoms with van der Waals surface area (Å²) in [7, 11) is -4.04. The summed E-state index contributed by atoms with van der Waals surface area (Å²) in [4.78, 5) is 5.09. The molecular weight excluding hydrogens is 901 g/mol. The number of hydrogen-bond donors (Lipinski definition) is 0. The van der Waals surface area contributed by atoms with E-state index in [2.05, 4.69) is 279 Å². The maximum atomic E-state index is 2.55. The number of fused-ring (bicyclic) bond motifs is 8. The highest BCUT2D eigenvalue weighted by Gasteiger charge is 2.40. The van der Waals surface area contributed by atoms with Crippen LogP contribution in [-0.4, -0.2) is 16.1 Å². The van der Waals surface area contributed by atoms with Gasteiger partial charge in [0.2, 0.25) is 0 Å². The molecule has 342 valence electrons. The Morgan fingerprint density at radius 2 is 0.583 bits per heavy atom. The Morgan fingerprint density at radius 3 is 1.06 bits per heavy atom. The van der Waals surface area contributed by atoms with Crippen molar-refractivity contribution in [2.75, 3.05) is 9.80 Å². The lowest BCUT2D eigenvalue weighted by Crippen LogP contribution is -2.58. The summed E-state index contributed by atoms with van der Waals surface area (Å²) in [5.74, 6) is 0. The standard InChI is InChI=1S/C68H52N2Si2/c1-71(2)63-35-15-11-31-59(63)69(60-32-12-16-36-64(60)71)47-40-42-56-57(43-47)67(53-30-20-24-46-22-6-8-26-50(46)53)55-41-39-48(70-61-33-13-17-37-65(61)72(3,4)66-38-18-14-34-62(66)70)44-58(55)68(56)54-28-10-9-27-52(54)51-29-19-23-45-21-5-7-25-49(45)51/h5-44H,1-4H3. The fraction of sp³-hybridized carbons (Fsp3) is 0.0588. The molecule has 0 N–H and O–H groups in total. The lowest BCUT2D eigenvalue weighted by atomic mass is 9.82. The molecule has 0 aromatic heterocycles. The Kier molecular flexibility index (Phi) is 9.54. The molecule has 0 saturated heterocycles. The lowest BCUT2D eigenvalue weighted by Gasteiger charge is -2.41. The second-order valence-corrected chi connectivity index (χ2v) is 29.5. The van der Waals surface area contributed by atoms with Crippen LogP contribution in [0, 0.1) is 0 Å². The van der Waals surface area contributed by atoms with Gasteiger partial charge in [0.25, 0.3) is 0 Å². The van der Waals surface area contributed by atoms with Crippen LogP contribution >= 0.6 is 0 Å². The molecule has 12 aromatic carbocycles. The minimum atomic E-state index is -2.02. The van der Waals surface area contributed by atoms with Gasteiger partial charge in [0.15, 0.2) is 0 Å². The van der Waals surface area contributed by atoms with Crippen LogP contribution in [0.1, 0.15) is 0 Å². The van der Waals surface area contributed by atoms with Crippen LogP contribution in [0.2, 0.25) is 26.2 Å². The molecule has 0 unspecified atom stereocenters. The van der Waals surface area contributed by atoms with Gasteiger partial charge in [-0.25, -0.2) is 0 Å². The second-order valence-electron chi connectivity index (χ2n) is 20.8. The molecule has 72 heavy (non-hydrogen) atoms. The normalized spacial score (nSPS) is 14.3. The second kappa shape index (κ2) is 16.1. The molecule has 0 amide bonds. The zero-order valence-corrected chi connectivity index (χ0v) is 43.0. The van der Waals surface area contributed by atoms with Gasteiger partial charge in [-0.2, -0.15) is 0 Å². The number of nitrogens with zero attached hydrogens (tertiary/aromatic N) is 2. The third-order valence-electron chi connectivity index (χ3n) is 16.2. The maximum Gasteiger partial charge on any atom is 0.117 e. The molecule has 0 bridgehead atoms. The van der Waals surface area contributed by atoms with Gasteiger partial charge in [0.05, 0.1) is 0 Å².